The Balaban J connectivity index is 2.84. The van der Waals surface area contributed by atoms with Crippen molar-refractivity contribution in [3.05, 3.63) is 39.1 Å². The summed E-state index contributed by atoms with van der Waals surface area (Å²) in [5, 5.41) is 10.2. The number of aromatic amines is 1. The fourth-order valence-corrected chi connectivity index (χ4v) is 1.79. The standard InChI is InChI=1S/C11H10ClNO3/c1-16-9-4-8(12)3-6-2-7(5-14)11(15)13-10(6)9/h2-4,14H,5H2,1H3,(H,13,15). The molecule has 0 saturated heterocycles. The molecule has 0 unspecified atom stereocenters. The third kappa shape index (κ3) is 1.77. The number of rotatable bonds is 2. The van der Waals surface area contributed by atoms with E-state index in [0.717, 1.165) is 5.39 Å². The van der Waals surface area contributed by atoms with Crippen molar-refractivity contribution in [3.8, 4) is 5.75 Å². The SMILES string of the molecule is COc1cc(Cl)cc2cc(CO)c(=O)[nH]c12. The molecule has 0 radical (unpaired) electrons. The monoisotopic (exact) mass is 239 g/mol. The average Bonchev–Trinajstić information content (AvgIpc) is 2.28. The first kappa shape index (κ1) is 11.0. The smallest absolute Gasteiger partial charge is 0.254 e. The Hall–Kier alpha value is -1.52. The number of hydrogen-bond acceptors (Lipinski definition) is 3. The molecule has 0 spiro atoms. The van der Waals surface area contributed by atoms with Gasteiger partial charge < -0.3 is 14.8 Å². The predicted octanol–water partition coefficient (Wildman–Crippen LogP) is 1.68. The molecule has 0 atom stereocenters. The maximum atomic E-state index is 11.5. The summed E-state index contributed by atoms with van der Waals surface area (Å²) < 4.78 is 5.12. The Kier molecular flexibility index (Phi) is 2.85. The van der Waals surface area contributed by atoms with E-state index in [4.69, 9.17) is 21.4 Å². The van der Waals surface area contributed by atoms with Gasteiger partial charge in [-0.1, -0.05) is 11.6 Å². The van der Waals surface area contributed by atoms with Crippen molar-refractivity contribution >= 4 is 22.5 Å². The largest absolute Gasteiger partial charge is 0.494 e. The number of methoxy groups -OCH3 is 1. The van der Waals surface area contributed by atoms with E-state index >= 15 is 0 Å². The van der Waals surface area contributed by atoms with Crippen molar-refractivity contribution in [3.63, 3.8) is 0 Å². The van der Waals surface area contributed by atoms with Crippen LogP contribution in [0.5, 0.6) is 5.75 Å². The van der Waals surface area contributed by atoms with Crippen molar-refractivity contribution in [2.45, 2.75) is 6.61 Å². The molecular weight excluding hydrogens is 230 g/mol. The van der Waals surface area contributed by atoms with Crippen LogP contribution in [0.4, 0.5) is 0 Å². The number of halogens is 1. The number of nitrogens with one attached hydrogen (secondary N) is 1. The topological polar surface area (TPSA) is 62.3 Å². The minimum atomic E-state index is -0.323. The Morgan fingerprint density at radius 3 is 2.81 bits per heavy atom. The number of aliphatic hydroxyl groups is 1. The molecule has 1 aromatic heterocycles. The highest BCUT2D eigenvalue weighted by Gasteiger charge is 2.07. The number of benzene rings is 1. The van der Waals surface area contributed by atoms with Gasteiger partial charge in [0.05, 0.1) is 19.2 Å². The molecule has 16 heavy (non-hydrogen) atoms. The van der Waals surface area contributed by atoms with E-state index in [1.165, 1.54) is 7.11 Å². The molecule has 2 aromatic rings. The minimum Gasteiger partial charge on any atom is -0.494 e. The molecule has 84 valence electrons. The summed E-state index contributed by atoms with van der Waals surface area (Å²) >= 11 is 5.90. The fraction of sp³-hybridized carbons (Fsp3) is 0.182. The van der Waals surface area contributed by atoms with Crippen LogP contribution in [-0.4, -0.2) is 17.2 Å². The summed E-state index contributed by atoms with van der Waals surface area (Å²) in [5.41, 5.74) is 0.557. The number of H-pyrrole nitrogens is 1. The van der Waals surface area contributed by atoms with Crippen molar-refractivity contribution in [1.29, 1.82) is 0 Å². The van der Waals surface area contributed by atoms with Crippen molar-refractivity contribution < 1.29 is 9.84 Å². The maximum absolute atomic E-state index is 11.5. The molecule has 0 aliphatic rings. The maximum Gasteiger partial charge on any atom is 0.254 e. The number of fused-ring (bicyclic) bond motifs is 1. The summed E-state index contributed by atoms with van der Waals surface area (Å²) in [6.07, 6.45) is 0. The van der Waals surface area contributed by atoms with E-state index in [9.17, 15) is 4.79 Å². The quantitative estimate of drug-likeness (QED) is 0.838. The van der Waals surface area contributed by atoms with Crippen LogP contribution < -0.4 is 10.3 Å². The van der Waals surface area contributed by atoms with Crippen LogP contribution in [0.25, 0.3) is 10.9 Å². The number of aliphatic hydroxyl groups excluding tert-OH is 1. The van der Waals surface area contributed by atoms with Gasteiger partial charge in [0.15, 0.2) is 0 Å². The molecule has 0 bridgehead atoms. The third-order valence-electron chi connectivity index (χ3n) is 2.35. The van der Waals surface area contributed by atoms with Crippen LogP contribution in [0.2, 0.25) is 5.02 Å². The van der Waals surface area contributed by atoms with E-state index < -0.39 is 0 Å². The van der Waals surface area contributed by atoms with Crippen molar-refractivity contribution in [1.82, 2.24) is 4.98 Å². The zero-order valence-corrected chi connectivity index (χ0v) is 9.34. The Labute approximate surface area is 96.4 Å². The van der Waals surface area contributed by atoms with Gasteiger partial charge in [0, 0.05) is 22.0 Å². The lowest BCUT2D eigenvalue weighted by Gasteiger charge is -2.07. The van der Waals surface area contributed by atoms with Crippen molar-refractivity contribution in [2.24, 2.45) is 0 Å². The second-order valence-corrected chi connectivity index (χ2v) is 3.79. The molecule has 0 amide bonds. The summed E-state index contributed by atoms with van der Waals surface area (Å²) in [6.45, 7) is -0.305. The lowest BCUT2D eigenvalue weighted by Crippen LogP contribution is -2.12. The van der Waals surface area contributed by atoms with Gasteiger partial charge in [-0.3, -0.25) is 4.79 Å². The summed E-state index contributed by atoms with van der Waals surface area (Å²) in [4.78, 5) is 14.2. The Morgan fingerprint density at radius 2 is 2.19 bits per heavy atom. The molecule has 0 saturated carbocycles. The number of pyridine rings is 1. The summed E-state index contributed by atoms with van der Waals surface area (Å²) in [5.74, 6) is 0.504. The van der Waals surface area contributed by atoms with E-state index in [-0.39, 0.29) is 12.2 Å². The van der Waals surface area contributed by atoms with Gasteiger partial charge in [0.1, 0.15) is 5.75 Å². The first-order chi connectivity index (χ1) is 7.65. The Morgan fingerprint density at radius 1 is 1.44 bits per heavy atom. The lowest BCUT2D eigenvalue weighted by molar-refractivity contribution is 0.280. The molecule has 5 heteroatoms. The van der Waals surface area contributed by atoms with Crippen LogP contribution in [0.15, 0.2) is 23.0 Å². The highest BCUT2D eigenvalue weighted by Crippen LogP contribution is 2.27. The molecule has 4 nitrogen and oxygen atoms in total. The number of hydrogen-bond donors (Lipinski definition) is 2. The molecule has 1 heterocycles. The molecule has 0 aliphatic carbocycles. The van der Waals surface area contributed by atoms with Crippen LogP contribution >= 0.6 is 11.6 Å². The van der Waals surface area contributed by atoms with Crippen LogP contribution in [-0.2, 0) is 6.61 Å². The van der Waals surface area contributed by atoms with Gasteiger partial charge in [-0.05, 0) is 12.1 Å². The van der Waals surface area contributed by atoms with E-state index in [1.807, 2.05) is 0 Å². The average molecular weight is 240 g/mol. The molecule has 0 aliphatic heterocycles. The second kappa shape index (κ2) is 4.15. The highest BCUT2D eigenvalue weighted by molar-refractivity contribution is 6.31. The molecule has 0 fully saturated rings. The minimum absolute atomic E-state index is 0.303. The van der Waals surface area contributed by atoms with Gasteiger partial charge in [-0.15, -0.1) is 0 Å². The predicted molar refractivity (Wildman–Crippen MR) is 62.1 cm³/mol. The highest BCUT2D eigenvalue weighted by atomic mass is 35.5. The molecule has 2 N–H and O–H groups in total. The van der Waals surface area contributed by atoms with Crippen LogP contribution in [0.1, 0.15) is 5.56 Å². The second-order valence-electron chi connectivity index (χ2n) is 3.35. The molecule has 2 rings (SSSR count). The van der Waals surface area contributed by atoms with Gasteiger partial charge in [-0.2, -0.15) is 0 Å². The molecular formula is C11H10ClNO3. The van der Waals surface area contributed by atoms with Crippen LogP contribution in [0.3, 0.4) is 0 Å². The number of ether oxygens (including phenoxy) is 1. The summed E-state index contributed by atoms with van der Waals surface area (Å²) in [6, 6.07) is 4.93. The van der Waals surface area contributed by atoms with Crippen molar-refractivity contribution in [2.75, 3.05) is 7.11 Å². The first-order valence-corrected chi connectivity index (χ1v) is 5.04. The van der Waals surface area contributed by atoms with Gasteiger partial charge in [0.2, 0.25) is 0 Å². The van der Waals surface area contributed by atoms with Gasteiger partial charge >= 0.3 is 0 Å². The Bertz CT molecular complexity index is 592. The normalized spacial score (nSPS) is 10.7. The molecule has 1 aromatic carbocycles. The lowest BCUT2D eigenvalue weighted by atomic mass is 10.1. The van der Waals surface area contributed by atoms with E-state index in [0.29, 0.717) is 21.9 Å². The summed E-state index contributed by atoms with van der Waals surface area (Å²) in [7, 11) is 1.50. The third-order valence-corrected chi connectivity index (χ3v) is 2.57. The first-order valence-electron chi connectivity index (χ1n) is 4.66. The van der Waals surface area contributed by atoms with E-state index in [1.54, 1.807) is 18.2 Å². The zero-order chi connectivity index (χ0) is 11.7. The zero-order valence-electron chi connectivity index (χ0n) is 8.58. The van der Waals surface area contributed by atoms with Gasteiger partial charge in [0.25, 0.3) is 5.56 Å². The van der Waals surface area contributed by atoms with Gasteiger partial charge in [-0.25, -0.2) is 0 Å². The van der Waals surface area contributed by atoms with E-state index in [2.05, 4.69) is 4.98 Å². The number of aromatic nitrogens is 1. The fourth-order valence-electron chi connectivity index (χ4n) is 1.58. The van der Waals surface area contributed by atoms with Crippen LogP contribution in [0, 0.1) is 0 Å².